The summed E-state index contributed by atoms with van der Waals surface area (Å²) < 4.78 is 25.1. The lowest BCUT2D eigenvalue weighted by atomic mass is 10.1. The number of fused-ring (bicyclic) bond motifs is 1. The number of nitrogens with one attached hydrogen (secondary N) is 2. The molecular weight excluding hydrogens is 429 g/mol. The minimum atomic E-state index is -0.567. The first-order valence-electron chi connectivity index (χ1n) is 10.6. The van der Waals surface area contributed by atoms with Gasteiger partial charge in [0.25, 0.3) is 5.91 Å². The van der Waals surface area contributed by atoms with Crippen molar-refractivity contribution in [2.45, 2.75) is 0 Å². The third kappa shape index (κ3) is 4.18. The summed E-state index contributed by atoms with van der Waals surface area (Å²) in [5, 5.41) is 23.8. The molecule has 1 aliphatic rings. The zero-order valence-corrected chi connectivity index (χ0v) is 17.7. The topological polar surface area (TPSA) is 117 Å². The molecule has 4 aromatic rings. The molecule has 1 aliphatic heterocycles. The van der Waals surface area contributed by atoms with Crippen LogP contribution in [0.25, 0.3) is 33.6 Å². The van der Waals surface area contributed by atoms with Crippen LogP contribution in [0.5, 0.6) is 5.75 Å². The molecule has 2 aromatic heterocycles. The van der Waals surface area contributed by atoms with Gasteiger partial charge in [-0.1, -0.05) is 17.3 Å². The second-order valence-corrected chi connectivity index (χ2v) is 7.67. The SMILES string of the molecule is O=C(c1ccc(-c2cc(-c3n[nH]c4cc(OCCO)c(F)cc34)on2)cc1)N1CCNCC1. The van der Waals surface area contributed by atoms with Gasteiger partial charge in [-0.25, -0.2) is 4.39 Å². The van der Waals surface area contributed by atoms with Gasteiger partial charge in [0.15, 0.2) is 17.3 Å². The zero-order chi connectivity index (χ0) is 22.8. The minimum absolute atomic E-state index is 0.00545. The first-order chi connectivity index (χ1) is 16.1. The van der Waals surface area contributed by atoms with E-state index >= 15 is 0 Å². The maximum Gasteiger partial charge on any atom is 0.253 e. The fourth-order valence-electron chi connectivity index (χ4n) is 3.83. The van der Waals surface area contributed by atoms with E-state index in [9.17, 15) is 9.18 Å². The highest BCUT2D eigenvalue weighted by molar-refractivity contribution is 5.95. The monoisotopic (exact) mass is 451 g/mol. The average molecular weight is 451 g/mol. The van der Waals surface area contributed by atoms with Crippen molar-refractivity contribution in [2.75, 3.05) is 39.4 Å². The summed E-state index contributed by atoms with van der Waals surface area (Å²) >= 11 is 0. The van der Waals surface area contributed by atoms with Crippen LogP contribution in [0.2, 0.25) is 0 Å². The summed E-state index contributed by atoms with van der Waals surface area (Å²) in [7, 11) is 0. The van der Waals surface area contributed by atoms with Crippen LogP contribution in [-0.2, 0) is 0 Å². The summed E-state index contributed by atoms with van der Waals surface area (Å²) in [6.07, 6.45) is 0. The second kappa shape index (κ2) is 9.00. The maximum absolute atomic E-state index is 14.4. The number of carbonyl (C=O) groups excluding carboxylic acids is 1. The Morgan fingerprint density at radius 3 is 2.73 bits per heavy atom. The minimum Gasteiger partial charge on any atom is -0.488 e. The third-order valence-corrected chi connectivity index (χ3v) is 5.54. The number of aromatic nitrogens is 3. The number of halogens is 1. The van der Waals surface area contributed by atoms with Crippen LogP contribution in [0.4, 0.5) is 4.39 Å². The highest BCUT2D eigenvalue weighted by atomic mass is 19.1. The van der Waals surface area contributed by atoms with Crippen LogP contribution in [-0.4, -0.2) is 70.7 Å². The van der Waals surface area contributed by atoms with Crippen LogP contribution in [0.15, 0.2) is 47.0 Å². The molecule has 0 atom stereocenters. The van der Waals surface area contributed by atoms with Crippen molar-refractivity contribution in [2.24, 2.45) is 0 Å². The van der Waals surface area contributed by atoms with E-state index < -0.39 is 5.82 Å². The molecule has 0 unspecified atom stereocenters. The third-order valence-electron chi connectivity index (χ3n) is 5.54. The number of aliphatic hydroxyl groups is 1. The number of aromatic amines is 1. The maximum atomic E-state index is 14.4. The van der Waals surface area contributed by atoms with Crippen molar-refractivity contribution >= 4 is 16.8 Å². The van der Waals surface area contributed by atoms with Gasteiger partial charge in [-0.2, -0.15) is 5.10 Å². The second-order valence-electron chi connectivity index (χ2n) is 7.67. The molecule has 1 amide bonds. The molecule has 1 fully saturated rings. The molecule has 3 N–H and O–H groups in total. The van der Waals surface area contributed by atoms with Crippen molar-refractivity contribution in [3.05, 3.63) is 53.8 Å². The summed E-state index contributed by atoms with van der Waals surface area (Å²) in [6, 6.07) is 11.7. The molecule has 10 heteroatoms. The number of aliphatic hydroxyl groups excluding tert-OH is 1. The van der Waals surface area contributed by atoms with E-state index in [-0.39, 0.29) is 24.9 Å². The van der Waals surface area contributed by atoms with Crippen LogP contribution in [0.3, 0.4) is 0 Å². The molecule has 0 radical (unpaired) electrons. The zero-order valence-electron chi connectivity index (χ0n) is 17.7. The van der Waals surface area contributed by atoms with Gasteiger partial charge in [-0.05, 0) is 18.2 Å². The molecule has 33 heavy (non-hydrogen) atoms. The van der Waals surface area contributed by atoms with E-state index in [0.717, 1.165) is 18.7 Å². The summed E-state index contributed by atoms with van der Waals surface area (Å²) in [6.45, 7) is 2.77. The Bertz CT molecular complexity index is 1280. The lowest BCUT2D eigenvalue weighted by Crippen LogP contribution is -2.46. The summed E-state index contributed by atoms with van der Waals surface area (Å²) in [4.78, 5) is 14.5. The Morgan fingerprint density at radius 2 is 1.97 bits per heavy atom. The molecule has 1 saturated heterocycles. The number of benzene rings is 2. The molecule has 5 rings (SSSR count). The smallest absolute Gasteiger partial charge is 0.253 e. The van der Waals surface area contributed by atoms with Crippen LogP contribution >= 0.6 is 0 Å². The number of piperazine rings is 1. The van der Waals surface area contributed by atoms with E-state index in [2.05, 4.69) is 20.7 Å². The van der Waals surface area contributed by atoms with Crippen LogP contribution in [0.1, 0.15) is 10.4 Å². The lowest BCUT2D eigenvalue weighted by Gasteiger charge is -2.27. The van der Waals surface area contributed by atoms with Crippen LogP contribution in [0, 0.1) is 5.82 Å². The summed E-state index contributed by atoms with van der Waals surface area (Å²) in [5.41, 5.74) is 2.96. The Kier molecular flexibility index (Phi) is 5.76. The Morgan fingerprint density at radius 1 is 1.18 bits per heavy atom. The fourth-order valence-corrected chi connectivity index (χ4v) is 3.83. The van der Waals surface area contributed by atoms with Crippen molar-refractivity contribution < 1.29 is 23.6 Å². The molecular formula is C23H22FN5O4. The first kappa shape index (κ1) is 21.1. The molecule has 0 spiro atoms. The van der Waals surface area contributed by atoms with Crippen LogP contribution < -0.4 is 10.1 Å². The highest BCUT2D eigenvalue weighted by Crippen LogP contribution is 2.33. The number of carbonyl (C=O) groups is 1. The largest absolute Gasteiger partial charge is 0.488 e. The molecule has 0 bridgehead atoms. The predicted octanol–water partition coefficient (Wildman–Crippen LogP) is 2.44. The molecule has 3 heterocycles. The van der Waals surface area contributed by atoms with E-state index in [1.54, 1.807) is 18.2 Å². The number of hydrogen-bond donors (Lipinski definition) is 3. The van der Waals surface area contributed by atoms with Gasteiger partial charge in [-0.15, -0.1) is 0 Å². The van der Waals surface area contributed by atoms with E-state index in [1.165, 1.54) is 12.1 Å². The summed E-state index contributed by atoms with van der Waals surface area (Å²) in [5.74, 6) is -0.152. The van der Waals surface area contributed by atoms with Gasteiger partial charge in [0.05, 0.1) is 12.1 Å². The molecule has 2 aromatic carbocycles. The number of nitrogens with zero attached hydrogens (tertiary/aromatic N) is 3. The number of amides is 1. The predicted molar refractivity (Wildman–Crippen MR) is 118 cm³/mol. The van der Waals surface area contributed by atoms with Gasteiger partial charge in [-0.3, -0.25) is 9.89 Å². The first-order valence-corrected chi connectivity index (χ1v) is 10.6. The van der Waals surface area contributed by atoms with Crippen molar-refractivity contribution in [3.8, 4) is 28.5 Å². The Balaban J connectivity index is 1.37. The quantitative estimate of drug-likeness (QED) is 0.412. The van der Waals surface area contributed by atoms with Gasteiger partial charge in [0.1, 0.15) is 18.0 Å². The highest BCUT2D eigenvalue weighted by Gasteiger charge is 2.20. The Hall–Kier alpha value is -3.76. The van der Waals surface area contributed by atoms with Crippen molar-refractivity contribution in [1.29, 1.82) is 0 Å². The van der Waals surface area contributed by atoms with E-state index in [0.29, 0.717) is 46.7 Å². The van der Waals surface area contributed by atoms with E-state index in [1.807, 2.05) is 17.0 Å². The standard InChI is InChI=1S/C23H22FN5O4/c24-17-11-16-19(13-20(17)32-10-9-30)26-27-22(16)21-12-18(28-33-21)14-1-3-15(4-2-14)23(31)29-7-5-25-6-8-29/h1-4,11-13,25,30H,5-10H2,(H,26,27). The van der Waals surface area contributed by atoms with Crippen molar-refractivity contribution in [3.63, 3.8) is 0 Å². The van der Waals surface area contributed by atoms with Gasteiger partial charge in [0.2, 0.25) is 0 Å². The van der Waals surface area contributed by atoms with Gasteiger partial charge < -0.3 is 24.6 Å². The van der Waals surface area contributed by atoms with Gasteiger partial charge >= 0.3 is 0 Å². The van der Waals surface area contributed by atoms with Crippen molar-refractivity contribution in [1.82, 2.24) is 25.6 Å². The number of H-pyrrole nitrogens is 1. The molecule has 9 nitrogen and oxygen atoms in total. The van der Waals surface area contributed by atoms with E-state index in [4.69, 9.17) is 14.4 Å². The number of ether oxygens (including phenoxy) is 1. The number of rotatable bonds is 6. The fraction of sp³-hybridized carbons (Fsp3) is 0.261. The number of hydrogen-bond acceptors (Lipinski definition) is 7. The average Bonchev–Trinajstić information content (AvgIpc) is 3.50. The molecule has 170 valence electrons. The lowest BCUT2D eigenvalue weighted by molar-refractivity contribution is 0.0736. The normalized spacial score (nSPS) is 14.1. The Labute approximate surface area is 188 Å². The molecule has 0 aliphatic carbocycles. The van der Waals surface area contributed by atoms with Gasteiger partial charge in [0, 0.05) is 54.8 Å². The molecule has 0 saturated carbocycles.